The van der Waals surface area contributed by atoms with Crippen LogP contribution in [0.4, 0.5) is 8.78 Å². The first-order valence-corrected chi connectivity index (χ1v) is 7.64. The molecule has 0 N–H and O–H groups in total. The van der Waals surface area contributed by atoms with Crippen molar-refractivity contribution in [2.45, 2.75) is 6.61 Å². The van der Waals surface area contributed by atoms with Crippen LogP contribution in [0.5, 0.6) is 17.2 Å². The molecule has 2 aromatic rings. The third-order valence-corrected chi connectivity index (χ3v) is 3.31. The molecule has 142 valence electrons. The van der Waals surface area contributed by atoms with Gasteiger partial charge in [0.15, 0.2) is 11.5 Å². The highest BCUT2D eigenvalue weighted by molar-refractivity contribution is 5.90. The van der Waals surface area contributed by atoms with Crippen molar-refractivity contribution >= 4 is 18.0 Å². The summed E-state index contributed by atoms with van der Waals surface area (Å²) in [4.78, 5) is 23.2. The van der Waals surface area contributed by atoms with Crippen molar-refractivity contribution < 1.29 is 37.3 Å². The van der Waals surface area contributed by atoms with E-state index in [4.69, 9.17) is 9.47 Å². The second-order valence-corrected chi connectivity index (χ2v) is 5.06. The molecule has 0 atom stereocenters. The number of alkyl halides is 2. The van der Waals surface area contributed by atoms with E-state index in [1.54, 1.807) is 0 Å². The van der Waals surface area contributed by atoms with E-state index >= 15 is 0 Å². The van der Waals surface area contributed by atoms with Gasteiger partial charge in [-0.25, -0.2) is 9.59 Å². The summed E-state index contributed by atoms with van der Waals surface area (Å²) in [5, 5.41) is 0. The Morgan fingerprint density at radius 2 is 1.70 bits per heavy atom. The first-order valence-electron chi connectivity index (χ1n) is 7.64. The van der Waals surface area contributed by atoms with E-state index in [2.05, 4.69) is 9.47 Å². The molecule has 0 aliphatic rings. The largest absolute Gasteiger partial charge is 0.493 e. The van der Waals surface area contributed by atoms with Gasteiger partial charge in [0.1, 0.15) is 5.75 Å². The first-order chi connectivity index (χ1) is 12.9. The molecule has 0 spiro atoms. The number of benzene rings is 2. The van der Waals surface area contributed by atoms with Crippen molar-refractivity contribution in [2.75, 3.05) is 14.2 Å². The van der Waals surface area contributed by atoms with Crippen LogP contribution in [0.1, 0.15) is 15.9 Å². The summed E-state index contributed by atoms with van der Waals surface area (Å²) in [5.41, 5.74) is 0.845. The van der Waals surface area contributed by atoms with Gasteiger partial charge in [0.05, 0.1) is 19.8 Å². The molecule has 0 aliphatic heterocycles. The minimum absolute atomic E-state index is 0.101. The SMILES string of the molecule is COC(=O)c1ccc(OC(=O)/C=C/c2ccc(OC(F)F)c(OC)c2)cc1. The number of esters is 2. The van der Waals surface area contributed by atoms with E-state index in [1.165, 1.54) is 62.8 Å². The molecule has 0 aromatic heterocycles. The van der Waals surface area contributed by atoms with Crippen molar-refractivity contribution in [3.63, 3.8) is 0 Å². The molecule has 0 saturated carbocycles. The second kappa shape index (κ2) is 9.33. The summed E-state index contributed by atoms with van der Waals surface area (Å²) in [6.07, 6.45) is 2.59. The van der Waals surface area contributed by atoms with Crippen LogP contribution in [0, 0.1) is 0 Å². The van der Waals surface area contributed by atoms with Crippen molar-refractivity contribution in [3.8, 4) is 17.2 Å². The van der Waals surface area contributed by atoms with Crippen LogP contribution in [0.25, 0.3) is 6.08 Å². The van der Waals surface area contributed by atoms with Gasteiger partial charge in [-0.15, -0.1) is 0 Å². The Kier molecular flexibility index (Phi) is 6.87. The zero-order valence-corrected chi connectivity index (χ0v) is 14.5. The number of ether oxygens (including phenoxy) is 4. The normalized spacial score (nSPS) is 10.7. The highest BCUT2D eigenvalue weighted by Gasteiger charge is 2.11. The average Bonchev–Trinajstić information content (AvgIpc) is 2.66. The van der Waals surface area contributed by atoms with E-state index in [9.17, 15) is 18.4 Å². The number of hydrogen-bond acceptors (Lipinski definition) is 6. The fourth-order valence-electron chi connectivity index (χ4n) is 2.07. The topological polar surface area (TPSA) is 71.1 Å². The molecule has 8 heteroatoms. The molecule has 2 aromatic carbocycles. The first kappa shape index (κ1) is 19.9. The van der Waals surface area contributed by atoms with Crippen molar-refractivity contribution in [1.29, 1.82) is 0 Å². The van der Waals surface area contributed by atoms with E-state index < -0.39 is 18.6 Å². The average molecular weight is 378 g/mol. The van der Waals surface area contributed by atoms with Crippen LogP contribution in [-0.4, -0.2) is 32.8 Å². The Balaban J connectivity index is 2.02. The monoisotopic (exact) mass is 378 g/mol. The third kappa shape index (κ3) is 5.81. The standard InChI is InChI=1S/C19H16F2O6/c1-24-16-11-12(3-9-15(16)27-19(20)21)4-10-17(22)26-14-7-5-13(6-8-14)18(23)25-2/h3-11,19H,1-2H3/b10-4+. The Bertz CT molecular complexity index is 831. The molecule has 0 saturated heterocycles. The van der Waals surface area contributed by atoms with Crippen LogP contribution in [0.2, 0.25) is 0 Å². The molecule has 0 unspecified atom stereocenters. The quantitative estimate of drug-likeness (QED) is 0.416. The van der Waals surface area contributed by atoms with Gasteiger partial charge >= 0.3 is 18.6 Å². The summed E-state index contributed by atoms with van der Waals surface area (Å²) in [6.45, 7) is -2.97. The van der Waals surface area contributed by atoms with Crippen molar-refractivity contribution in [2.24, 2.45) is 0 Å². The summed E-state index contributed by atoms with van der Waals surface area (Å²) in [7, 11) is 2.58. The smallest absolute Gasteiger partial charge is 0.387 e. The maximum absolute atomic E-state index is 12.3. The van der Waals surface area contributed by atoms with Gasteiger partial charge in [0.2, 0.25) is 0 Å². The number of carbonyl (C=O) groups excluding carboxylic acids is 2. The van der Waals surface area contributed by atoms with Gasteiger partial charge < -0.3 is 18.9 Å². The predicted octanol–water partition coefficient (Wildman–Crippen LogP) is 3.70. The molecule has 0 aliphatic carbocycles. The molecule has 2 rings (SSSR count). The van der Waals surface area contributed by atoms with Crippen LogP contribution in [0.15, 0.2) is 48.5 Å². The fourth-order valence-corrected chi connectivity index (χ4v) is 2.07. The number of halogens is 2. The molecule has 0 amide bonds. The molecule has 0 radical (unpaired) electrons. The fraction of sp³-hybridized carbons (Fsp3) is 0.158. The summed E-state index contributed by atoms with van der Waals surface area (Å²) < 4.78 is 43.6. The van der Waals surface area contributed by atoms with Crippen LogP contribution in [0.3, 0.4) is 0 Å². The van der Waals surface area contributed by atoms with Crippen molar-refractivity contribution in [3.05, 3.63) is 59.7 Å². The zero-order valence-electron chi connectivity index (χ0n) is 14.5. The van der Waals surface area contributed by atoms with Crippen LogP contribution < -0.4 is 14.2 Å². The van der Waals surface area contributed by atoms with E-state index in [0.717, 1.165) is 6.08 Å². The Morgan fingerprint density at radius 1 is 1.00 bits per heavy atom. The number of carbonyl (C=O) groups is 2. The van der Waals surface area contributed by atoms with Gasteiger partial charge in [-0.3, -0.25) is 0 Å². The lowest BCUT2D eigenvalue weighted by Gasteiger charge is -2.10. The lowest BCUT2D eigenvalue weighted by Crippen LogP contribution is -2.05. The molecule has 0 heterocycles. The van der Waals surface area contributed by atoms with Crippen LogP contribution >= 0.6 is 0 Å². The molecular formula is C19H16F2O6. The molecule has 27 heavy (non-hydrogen) atoms. The minimum Gasteiger partial charge on any atom is -0.493 e. The maximum atomic E-state index is 12.3. The maximum Gasteiger partial charge on any atom is 0.387 e. The van der Waals surface area contributed by atoms with E-state index in [1.807, 2.05) is 0 Å². The van der Waals surface area contributed by atoms with Gasteiger partial charge in [-0.2, -0.15) is 8.78 Å². The lowest BCUT2D eigenvalue weighted by atomic mass is 10.2. The van der Waals surface area contributed by atoms with Crippen LogP contribution in [-0.2, 0) is 9.53 Å². The third-order valence-electron chi connectivity index (χ3n) is 3.31. The molecule has 0 bridgehead atoms. The highest BCUT2D eigenvalue weighted by atomic mass is 19.3. The summed E-state index contributed by atoms with van der Waals surface area (Å²) >= 11 is 0. The molecular weight excluding hydrogens is 362 g/mol. The van der Waals surface area contributed by atoms with Gasteiger partial charge in [0, 0.05) is 6.08 Å². The molecule has 0 fully saturated rings. The Hall–Kier alpha value is -3.42. The number of hydrogen-bond donors (Lipinski definition) is 0. The second-order valence-electron chi connectivity index (χ2n) is 5.06. The zero-order chi connectivity index (χ0) is 19.8. The summed E-state index contributed by atoms with van der Waals surface area (Å²) in [5.74, 6) is -0.925. The Morgan fingerprint density at radius 3 is 2.30 bits per heavy atom. The van der Waals surface area contributed by atoms with E-state index in [0.29, 0.717) is 11.1 Å². The Labute approximate surface area is 153 Å². The summed E-state index contributed by atoms with van der Waals surface area (Å²) in [6, 6.07) is 10.1. The predicted molar refractivity (Wildman–Crippen MR) is 92.1 cm³/mol. The minimum atomic E-state index is -2.97. The van der Waals surface area contributed by atoms with Gasteiger partial charge in [-0.1, -0.05) is 6.07 Å². The number of methoxy groups -OCH3 is 2. The number of rotatable bonds is 7. The van der Waals surface area contributed by atoms with Crippen molar-refractivity contribution in [1.82, 2.24) is 0 Å². The van der Waals surface area contributed by atoms with Gasteiger partial charge in [-0.05, 0) is 48.0 Å². The van der Waals surface area contributed by atoms with Gasteiger partial charge in [0.25, 0.3) is 0 Å². The molecule has 6 nitrogen and oxygen atoms in total. The highest BCUT2D eigenvalue weighted by Crippen LogP contribution is 2.29. The van der Waals surface area contributed by atoms with E-state index in [-0.39, 0.29) is 17.2 Å². The lowest BCUT2D eigenvalue weighted by molar-refractivity contribution is -0.128.